The number of rotatable bonds is 10. The lowest BCUT2D eigenvalue weighted by molar-refractivity contribution is -0.143. The Hall–Kier alpha value is -2.11. The van der Waals surface area contributed by atoms with Gasteiger partial charge in [0.15, 0.2) is 5.96 Å². The highest BCUT2D eigenvalue weighted by molar-refractivity contribution is 5.79. The fourth-order valence-corrected chi connectivity index (χ4v) is 2.50. The molecule has 1 N–H and O–H groups in total. The van der Waals surface area contributed by atoms with Gasteiger partial charge in [0, 0.05) is 33.6 Å². The van der Waals surface area contributed by atoms with Gasteiger partial charge in [0.2, 0.25) is 0 Å². The molecule has 0 fully saturated rings. The first-order valence-electron chi connectivity index (χ1n) is 8.88. The number of hydrogen-bond donors (Lipinski definition) is 1. The summed E-state index contributed by atoms with van der Waals surface area (Å²) in [5, 5.41) is 3.33. The molecule has 0 aliphatic heterocycles. The minimum absolute atomic E-state index is 0.108. The molecule has 0 atom stereocenters. The van der Waals surface area contributed by atoms with Crippen molar-refractivity contribution in [3.63, 3.8) is 0 Å². The van der Waals surface area contributed by atoms with E-state index in [1.54, 1.807) is 19.2 Å². The largest absolute Gasteiger partial charge is 0.466 e. The molecule has 25 heavy (non-hydrogen) atoms. The Bertz CT molecular complexity index is 532. The van der Waals surface area contributed by atoms with Crippen LogP contribution >= 0.6 is 0 Å². The van der Waals surface area contributed by atoms with Crippen molar-refractivity contribution in [1.82, 2.24) is 10.2 Å². The van der Waals surface area contributed by atoms with Gasteiger partial charge in [-0.05, 0) is 37.5 Å². The number of nitrogens with zero attached hydrogens (tertiary/aromatic N) is 2. The van der Waals surface area contributed by atoms with Crippen molar-refractivity contribution < 1.29 is 13.9 Å². The third-order valence-electron chi connectivity index (χ3n) is 3.80. The Labute approximate surface area is 150 Å². The van der Waals surface area contributed by atoms with E-state index in [-0.39, 0.29) is 11.8 Å². The number of carbonyl (C=O) groups excluding carboxylic acids is 1. The zero-order valence-corrected chi connectivity index (χ0v) is 15.6. The van der Waals surface area contributed by atoms with Crippen molar-refractivity contribution in [2.45, 2.75) is 45.6 Å². The van der Waals surface area contributed by atoms with Gasteiger partial charge in [-0.3, -0.25) is 9.79 Å². The van der Waals surface area contributed by atoms with Crippen LogP contribution in [-0.4, -0.2) is 44.1 Å². The van der Waals surface area contributed by atoms with E-state index in [4.69, 9.17) is 4.74 Å². The van der Waals surface area contributed by atoms with E-state index < -0.39 is 0 Å². The van der Waals surface area contributed by atoms with Gasteiger partial charge in [0.05, 0.1) is 6.61 Å². The standard InChI is InChI=1S/C19H30FN3O2/c1-4-25-18(24)9-7-5-6-8-14-22-19(21-2)23(3)15-16-10-12-17(20)13-11-16/h10-13H,4-9,14-15H2,1-3H3,(H,21,22). The molecule has 0 spiro atoms. The lowest BCUT2D eigenvalue weighted by Crippen LogP contribution is -2.38. The molecule has 0 aromatic heterocycles. The van der Waals surface area contributed by atoms with Crippen LogP contribution in [0.15, 0.2) is 29.3 Å². The molecule has 0 saturated carbocycles. The number of esters is 1. The summed E-state index contributed by atoms with van der Waals surface area (Å²) in [7, 11) is 3.71. The molecule has 1 aromatic carbocycles. The van der Waals surface area contributed by atoms with Crippen LogP contribution in [-0.2, 0) is 16.1 Å². The summed E-state index contributed by atoms with van der Waals surface area (Å²) in [5.41, 5.74) is 1.03. The molecule has 1 rings (SSSR count). The summed E-state index contributed by atoms with van der Waals surface area (Å²) >= 11 is 0. The lowest BCUT2D eigenvalue weighted by atomic mass is 10.1. The summed E-state index contributed by atoms with van der Waals surface area (Å²) in [5.74, 6) is 0.483. The van der Waals surface area contributed by atoms with Crippen LogP contribution in [0.3, 0.4) is 0 Å². The average Bonchev–Trinajstić information content (AvgIpc) is 2.59. The molecule has 1 aromatic rings. The number of unbranched alkanes of at least 4 members (excludes halogenated alkanes) is 3. The second-order valence-electron chi connectivity index (χ2n) is 5.93. The Morgan fingerprint density at radius 3 is 2.52 bits per heavy atom. The number of halogens is 1. The minimum Gasteiger partial charge on any atom is -0.466 e. The number of ether oxygens (including phenoxy) is 1. The predicted molar refractivity (Wildman–Crippen MR) is 98.9 cm³/mol. The van der Waals surface area contributed by atoms with Crippen molar-refractivity contribution in [2.24, 2.45) is 4.99 Å². The van der Waals surface area contributed by atoms with Crippen LogP contribution in [0.2, 0.25) is 0 Å². The van der Waals surface area contributed by atoms with Crippen LogP contribution in [0.4, 0.5) is 4.39 Å². The minimum atomic E-state index is -0.225. The molecule has 140 valence electrons. The SMILES string of the molecule is CCOC(=O)CCCCCCNC(=NC)N(C)Cc1ccc(F)cc1. The molecule has 0 aliphatic rings. The zero-order valence-electron chi connectivity index (χ0n) is 15.6. The molecule has 0 bridgehead atoms. The third kappa shape index (κ3) is 9.08. The molecule has 5 nitrogen and oxygen atoms in total. The van der Waals surface area contributed by atoms with Crippen molar-refractivity contribution in [3.8, 4) is 0 Å². The highest BCUT2D eigenvalue weighted by atomic mass is 19.1. The number of aliphatic imine (C=N–C) groups is 1. The monoisotopic (exact) mass is 351 g/mol. The van der Waals surface area contributed by atoms with Gasteiger partial charge in [0.1, 0.15) is 5.82 Å². The molecular formula is C19H30FN3O2. The van der Waals surface area contributed by atoms with E-state index in [0.29, 0.717) is 19.6 Å². The third-order valence-corrected chi connectivity index (χ3v) is 3.80. The summed E-state index contributed by atoms with van der Waals surface area (Å²) in [4.78, 5) is 17.5. The fraction of sp³-hybridized carbons (Fsp3) is 0.579. The maximum atomic E-state index is 13.0. The maximum absolute atomic E-state index is 13.0. The van der Waals surface area contributed by atoms with Gasteiger partial charge in [-0.1, -0.05) is 25.0 Å². The number of nitrogens with one attached hydrogen (secondary N) is 1. The normalized spacial score (nSPS) is 11.3. The second kappa shape index (κ2) is 12.3. The predicted octanol–water partition coefficient (Wildman–Crippen LogP) is 3.35. The first kappa shape index (κ1) is 20.9. The Morgan fingerprint density at radius 1 is 1.20 bits per heavy atom. The second-order valence-corrected chi connectivity index (χ2v) is 5.93. The Morgan fingerprint density at radius 2 is 1.88 bits per heavy atom. The van der Waals surface area contributed by atoms with E-state index in [1.165, 1.54) is 12.1 Å². The fourth-order valence-electron chi connectivity index (χ4n) is 2.50. The number of carbonyl (C=O) groups is 1. The molecule has 6 heteroatoms. The molecule has 0 unspecified atom stereocenters. The van der Waals surface area contributed by atoms with Crippen molar-refractivity contribution >= 4 is 11.9 Å². The lowest BCUT2D eigenvalue weighted by Gasteiger charge is -2.22. The van der Waals surface area contributed by atoms with Crippen LogP contribution in [0.25, 0.3) is 0 Å². The quantitative estimate of drug-likeness (QED) is 0.304. The van der Waals surface area contributed by atoms with Gasteiger partial charge in [0.25, 0.3) is 0 Å². The molecule has 0 amide bonds. The molecule has 0 radical (unpaired) electrons. The van der Waals surface area contributed by atoms with E-state index in [0.717, 1.165) is 43.8 Å². The van der Waals surface area contributed by atoms with Gasteiger partial charge < -0.3 is 15.0 Å². The first-order valence-corrected chi connectivity index (χ1v) is 8.88. The number of benzene rings is 1. The average molecular weight is 351 g/mol. The van der Waals surface area contributed by atoms with Gasteiger partial charge in [-0.15, -0.1) is 0 Å². The highest BCUT2D eigenvalue weighted by Gasteiger charge is 2.06. The summed E-state index contributed by atoms with van der Waals surface area (Å²) in [6.45, 7) is 3.77. The van der Waals surface area contributed by atoms with Crippen molar-refractivity contribution in [2.75, 3.05) is 27.2 Å². The van der Waals surface area contributed by atoms with E-state index >= 15 is 0 Å². The smallest absolute Gasteiger partial charge is 0.305 e. The highest BCUT2D eigenvalue weighted by Crippen LogP contribution is 2.06. The van der Waals surface area contributed by atoms with E-state index in [9.17, 15) is 9.18 Å². The number of guanidine groups is 1. The van der Waals surface area contributed by atoms with Crippen LogP contribution in [0.1, 0.15) is 44.6 Å². The summed E-state index contributed by atoms with van der Waals surface area (Å²) in [6, 6.07) is 6.50. The molecule has 0 heterocycles. The zero-order chi connectivity index (χ0) is 18.5. The summed E-state index contributed by atoms with van der Waals surface area (Å²) < 4.78 is 17.9. The molecule has 0 saturated heterocycles. The summed E-state index contributed by atoms with van der Waals surface area (Å²) in [6.07, 6.45) is 4.48. The van der Waals surface area contributed by atoms with Gasteiger partial charge in [-0.2, -0.15) is 0 Å². The van der Waals surface area contributed by atoms with E-state index in [2.05, 4.69) is 10.3 Å². The molecule has 0 aliphatic carbocycles. The van der Waals surface area contributed by atoms with Gasteiger partial charge >= 0.3 is 5.97 Å². The van der Waals surface area contributed by atoms with Gasteiger partial charge in [-0.25, -0.2) is 4.39 Å². The maximum Gasteiger partial charge on any atom is 0.305 e. The number of hydrogen-bond acceptors (Lipinski definition) is 3. The van der Waals surface area contributed by atoms with Crippen molar-refractivity contribution in [3.05, 3.63) is 35.6 Å². The van der Waals surface area contributed by atoms with Crippen LogP contribution in [0.5, 0.6) is 0 Å². The molecular weight excluding hydrogens is 321 g/mol. The van der Waals surface area contributed by atoms with Crippen molar-refractivity contribution in [1.29, 1.82) is 0 Å². The topological polar surface area (TPSA) is 53.9 Å². The van der Waals surface area contributed by atoms with Crippen LogP contribution in [0, 0.1) is 5.82 Å². The van der Waals surface area contributed by atoms with Crippen LogP contribution < -0.4 is 5.32 Å². The van der Waals surface area contributed by atoms with E-state index in [1.807, 2.05) is 18.9 Å². The first-order chi connectivity index (χ1) is 12.1. The Balaban J connectivity index is 2.19. The Kier molecular flexibility index (Phi) is 10.3.